The van der Waals surface area contributed by atoms with Crippen LogP contribution in [0.5, 0.6) is 5.75 Å². The highest BCUT2D eigenvalue weighted by molar-refractivity contribution is 7.99. The second-order valence-corrected chi connectivity index (χ2v) is 5.77. The average Bonchev–Trinajstić information content (AvgIpc) is 2.85. The summed E-state index contributed by atoms with van der Waals surface area (Å²) in [6.07, 6.45) is 0.795. The number of hydrogen-bond acceptors (Lipinski definition) is 5. The quantitative estimate of drug-likeness (QED) is 0.785. The molecule has 0 aliphatic heterocycles. The van der Waals surface area contributed by atoms with Crippen molar-refractivity contribution in [1.29, 1.82) is 0 Å². The van der Waals surface area contributed by atoms with Crippen molar-refractivity contribution in [2.24, 2.45) is 7.05 Å². The number of methoxy groups -OCH3 is 1. The lowest BCUT2D eigenvalue weighted by Gasteiger charge is -2.06. The van der Waals surface area contributed by atoms with Gasteiger partial charge < -0.3 is 14.6 Å². The van der Waals surface area contributed by atoms with Gasteiger partial charge in [-0.25, -0.2) is 0 Å². The smallest absolute Gasteiger partial charge is 0.230 e. The summed E-state index contributed by atoms with van der Waals surface area (Å²) in [4.78, 5) is 11.8. The van der Waals surface area contributed by atoms with Crippen molar-refractivity contribution in [3.8, 4) is 5.75 Å². The Morgan fingerprint density at radius 1 is 1.32 bits per heavy atom. The van der Waals surface area contributed by atoms with Crippen LogP contribution in [0.3, 0.4) is 0 Å². The summed E-state index contributed by atoms with van der Waals surface area (Å²) < 4.78 is 6.98. The van der Waals surface area contributed by atoms with Crippen molar-refractivity contribution in [3.63, 3.8) is 0 Å². The molecule has 0 spiro atoms. The van der Waals surface area contributed by atoms with Gasteiger partial charge >= 0.3 is 0 Å². The Kier molecular flexibility index (Phi) is 5.83. The second kappa shape index (κ2) is 7.84. The number of carbonyl (C=O) groups is 1. The molecule has 1 aromatic carbocycles. The highest BCUT2D eigenvalue weighted by atomic mass is 32.2. The summed E-state index contributed by atoms with van der Waals surface area (Å²) >= 11 is 1.39. The van der Waals surface area contributed by atoms with Gasteiger partial charge in [0.15, 0.2) is 5.16 Å². The zero-order chi connectivity index (χ0) is 15.9. The summed E-state index contributed by atoms with van der Waals surface area (Å²) in [6.45, 7) is 2.50. The Hall–Kier alpha value is -2.02. The highest BCUT2D eigenvalue weighted by Gasteiger charge is 2.08. The number of ether oxygens (including phenoxy) is 1. The third kappa shape index (κ3) is 4.49. The molecule has 0 bridgehead atoms. The van der Waals surface area contributed by atoms with Crippen LogP contribution >= 0.6 is 11.8 Å². The van der Waals surface area contributed by atoms with Gasteiger partial charge in [-0.2, -0.15) is 0 Å². The molecule has 1 heterocycles. The number of nitrogens with one attached hydrogen (secondary N) is 1. The van der Waals surface area contributed by atoms with E-state index >= 15 is 0 Å². The first kappa shape index (κ1) is 16.4. The zero-order valence-corrected chi connectivity index (χ0v) is 13.8. The highest BCUT2D eigenvalue weighted by Crippen LogP contribution is 2.14. The minimum absolute atomic E-state index is 0.000773. The molecule has 0 fully saturated rings. The number of aryl methyl sites for hydroxylation is 1. The minimum atomic E-state index is -0.000773. The van der Waals surface area contributed by atoms with E-state index in [9.17, 15) is 4.79 Å². The maximum atomic E-state index is 11.8. The van der Waals surface area contributed by atoms with E-state index in [1.54, 1.807) is 7.11 Å². The van der Waals surface area contributed by atoms with Gasteiger partial charge in [-0.15, -0.1) is 10.2 Å². The fourth-order valence-corrected chi connectivity index (χ4v) is 2.62. The first-order chi connectivity index (χ1) is 10.6. The third-order valence-electron chi connectivity index (χ3n) is 3.28. The van der Waals surface area contributed by atoms with E-state index in [4.69, 9.17) is 4.74 Å². The van der Waals surface area contributed by atoms with Crippen molar-refractivity contribution in [2.45, 2.75) is 18.5 Å². The lowest BCUT2D eigenvalue weighted by molar-refractivity contribution is -0.118. The maximum Gasteiger partial charge on any atom is 0.230 e. The Morgan fingerprint density at radius 3 is 2.64 bits per heavy atom. The molecule has 2 rings (SSSR count). The van der Waals surface area contributed by atoms with E-state index in [-0.39, 0.29) is 5.91 Å². The molecule has 6 nitrogen and oxygen atoms in total. The largest absolute Gasteiger partial charge is 0.497 e. The summed E-state index contributed by atoms with van der Waals surface area (Å²) in [5, 5.41) is 11.6. The van der Waals surface area contributed by atoms with Crippen LogP contribution in [0.25, 0.3) is 0 Å². The van der Waals surface area contributed by atoms with Gasteiger partial charge in [-0.1, -0.05) is 23.9 Å². The van der Waals surface area contributed by atoms with E-state index in [0.717, 1.165) is 28.7 Å². The van der Waals surface area contributed by atoms with Crippen LogP contribution in [-0.2, 0) is 18.3 Å². The van der Waals surface area contributed by atoms with Gasteiger partial charge in [0.05, 0.1) is 12.9 Å². The number of thioether (sulfide) groups is 1. The number of hydrogen-bond donors (Lipinski definition) is 1. The average molecular weight is 320 g/mol. The molecule has 0 saturated carbocycles. The molecule has 0 aliphatic rings. The molecule has 7 heteroatoms. The van der Waals surface area contributed by atoms with Crippen molar-refractivity contribution in [1.82, 2.24) is 20.1 Å². The van der Waals surface area contributed by atoms with Crippen molar-refractivity contribution in [3.05, 3.63) is 35.7 Å². The van der Waals surface area contributed by atoms with E-state index in [0.29, 0.717) is 12.3 Å². The molecule has 1 aromatic heterocycles. The van der Waals surface area contributed by atoms with Gasteiger partial charge in [0.1, 0.15) is 11.6 Å². The van der Waals surface area contributed by atoms with Crippen molar-refractivity contribution in [2.75, 3.05) is 19.4 Å². The van der Waals surface area contributed by atoms with Crippen LogP contribution in [0.15, 0.2) is 29.4 Å². The summed E-state index contributed by atoms with van der Waals surface area (Å²) in [7, 11) is 3.53. The minimum Gasteiger partial charge on any atom is -0.497 e. The van der Waals surface area contributed by atoms with Gasteiger partial charge in [0, 0.05) is 13.6 Å². The Morgan fingerprint density at radius 2 is 2.05 bits per heavy atom. The monoisotopic (exact) mass is 320 g/mol. The number of rotatable bonds is 7. The van der Waals surface area contributed by atoms with Crippen LogP contribution in [-0.4, -0.2) is 40.1 Å². The lowest BCUT2D eigenvalue weighted by atomic mass is 10.1. The molecule has 2 aromatic rings. The Labute approximate surface area is 134 Å². The van der Waals surface area contributed by atoms with Gasteiger partial charge in [0.25, 0.3) is 0 Å². The van der Waals surface area contributed by atoms with Crippen LogP contribution in [0.1, 0.15) is 11.4 Å². The van der Waals surface area contributed by atoms with Crippen molar-refractivity contribution >= 4 is 17.7 Å². The van der Waals surface area contributed by atoms with E-state index in [1.165, 1.54) is 11.8 Å². The van der Waals surface area contributed by atoms with E-state index in [2.05, 4.69) is 15.5 Å². The van der Waals surface area contributed by atoms with Gasteiger partial charge in [-0.05, 0) is 31.0 Å². The maximum absolute atomic E-state index is 11.8. The number of amides is 1. The van der Waals surface area contributed by atoms with E-state index in [1.807, 2.05) is 42.8 Å². The molecule has 0 radical (unpaired) electrons. The molecule has 22 heavy (non-hydrogen) atoms. The third-order valence-corrected chi connectivity index (χ3v) is 4.30. The molecule has 1 amide bonds. The zero-order valence-electron chi connectivity index (χ0n) is 13.0. The number of nitrogens with zero attached hydrogens (tertiary/aromatic N) is 3. The van der Waals surface area contributed by atoms with Crippen molar-refractivity contribution < 1.29 is 9.53 Å². The summed E-state index contributed by atoms with van der Waals surface area (Å²) in [5.74, 6) is 2.01. The number of aromatic nitrogens is 3. The second-order valence-electron chi connectivity index (χ2n) is 4.83. The first-order valence-corrected chi connectivity index (χ1v) is 7.97. The standard InChI is InChI=1S/C15H20N4O2S/c1-11-17-18-15(19(11)2)22-10-14(20)16-9-8-12-4-6-13(21-3)7-5-12/h4-7H,8-10H2,1-3H3,(H,16,20). The topological polar surface area (TPSA) is 69.0 Å². The fourth-order valence-electron chi connectivity index (χ4n) is 1.83. The first-order valence-electron chi connectivity index (χ1n) is 6.98. The SMILES string of the molecule is COc1ccc(CCNC(=O)CSc2nnc(C)n2C)cc1. The van der Waals surface area contributed by atoms with Crippen LogP contribution in [0.2, 0.25) is 0 Å². The predicted molar refractivity (Wildman–Crippen MR) is 86.2 cm³/mol. The molecule has 0 atom stereocenters. The lowest BCUT2D eigenvalue weighted by Crippen LogP contribution is -2.27. The molecule has 0 unspecified atom stereocenters. The van der Waals surface area contributed by atoms with Gasteiger partial charge in [-0.3, -0.25) is 4.79 Å². The van der Waals surface area contributed by atoms with Crippen LogP contribution in [0.4, 0.5) is 0 Å². The molecule has 118 valence electrons. The Balaban J connectivity index is 1.70. The fraction of sp³-hybridized carbons (Fsp3) is 0.400. The molecule has 0 saturated heterocycles. The number of carbonyl (C=O) groups excluding carboxylic acids is 1. The predicted octanol–water partition coefficient (Wildman–Crippen LogP) is 1.58. The molecular weight excluding hydrogens is 300 g/mol. The molecular formula is C15H20N4O2S. The molecule has 0 aliphatic carbocycles. The summed E-state index contributed by atoms with van der Waals surface area (Å²) in [5.41, 5.74) is 1.16. The normalized spacial score (nSPS) is 10.5. The Bertz CT molecular complexity index is 625. The summed E-state index contributed by atoms with van der Waals surface area (Å²) in [6, 6.07) is 7.84. The number of benzene rings is 1. The van der Waals surface area contributed by atoms with E-state index < -0.39 is 0 Å². The van der Waals surface area contributed by atoms with Gasteiger partial charge in [0.2, 0.25) is 5.91 Å². The van der Waals surface area contributed by atoms with Crippen LogP contribution in [0, 0.1) is 6.92 Å². The molecule has 1 N–H and O–H groups in total. The van der Waals surface area contributed by atoms with Crippen LogP contribution < -0.4 is 10.1 Å².